The molecule has 106 valence electrons. The Hall–Kier alpha value is -1.88. The van der Waals surface area contributed by atoms with Gasteiger partial charge in [-0.25, -0.2) is 0 Å². The average Bonchev–Trinajstić information content (AvgIpc) is 2.65. The molecule has 0 bridgehead atoms. The summed E-state index contributed by atoms with van der Waals surface area (Å²) >= 11 is 1.01. The number of rotatable bonds is 4. The fourth-order valence-corrected chi connectivity index (χ4v) is 2.55. The van der Waals surface area contributed by atoms with E-state index in [1.807, 2.05) is 45.0 Å². The smallest absolute Gasteiger partial charge is 0.310 e. The molecule has 2 rings (SSSR count). The Balaban J connectivity index is 2.26. The van der Waals surface area contributed by atoms with Crippen molar-refractivity contribution in [3.05, 3.63) is 44.4 Å². The lowest BCUT2D eigenvalue weighted by Gasteiger charge is -2.05. The summed E-state index contributed by atoms with van der Waals surface area (Å²) in [4.78, 5) is 16.4. The van der Waals surface area contributed by atoms with Crippen LogP contribution >= 0.6 is 11.3 Å². The second kappa shape index (κ2) is 6.05. The summed E-state index contributed by atoms with van der Waals surface area (Å²) < 4.78 is 1.39. The van der Waals surface area contributed by atoms with E-state index in [9.17, 15) is 9.90 Å². The summed E-state index contributed by atoms with van der Waals surface area (Å²) in [5, 5.41) is 10.1. The van der Waals surface area contributed by atoms with E-state index in [0.29, 0.717) is 17.3 Å². The van der Waals surface area contributed by atoms with Crippen molar-refractivity contribution in [1.29, 1.82) is 0 Å². The third kappa shape index (κ3) is 3.36. The van der Waals surface area contributed by atoms with Gasteiger partial charge in [-0.15, -0.1) is 0 Å². The van der Waals surface area contributed by atoms with Crippen molar-refractivity contribution in [2.24, 2.45) is 10.9 Å². The second-order valence-corrected chi connectivity index (χ2v) is 6.15. The Morgan fingerprint density at radius 3 is 2.60 bits per heavy atom. The van der Waals surface area contributed by atoms with Gasteiger partial charge in [-0.05, 0) is 25.0 Å². The molecule has 0 aliphatic rings. The first-order chi connectivity index (χ1) is 9.47. The van der Waals surface area contributed by atoms with Gasteiger partial charge in [-0.3, -0.25) is 14.4 Å². The van der Waals surface area contributed by atoms with Gasteiger partial charge >= 0.3 is 4.87 Å². The standard InChI is InChI=1S/C15H18N2O2S/c1-10(2)9-17-14(18)13(20-15(17)19)8-16-12-6-4-11(3)5-7-12/h4-8,10,18H,9H2,1-3H3. The molecule has 5 heteroatoms. The maximum absolute atomic E-state index is 11.8. The molecule has 0 fully saturated rings. The molecule has 4 nitrogen and oxygen atoms in total. The minimum Gasteiger partial charge on any atom is -0.493 e. The third-order valence-corrected chi connectivity index (χ3v) is 3.71. The highest BCUT2D eigenvalue weighted by molar-refractivity contribution is 7.11. The van der Waals surface area contributed by atoms with Crippen LogP contribution in [0.3, 0.4) is 0 Å². The SMILES string of the molecule is Cc1ccc(N=Cc2sc(=O)n(CC(C)C)c2O)cc1. The quantitative estimate of drug-likeness (QED) is 0.878. The first-order valence-corrected chi connectivity index (χ1v) is 7.32. The van der Waals surface area contributed by atoms with Gasteiger partial charge < -0.3 is 5.11 Å². The lowest BCUT2D eigenvalue weighted by molar-refractivity contribution is 0.389. The van der Waals surface area contributed by atoms with Crippen LogP contribution in [0.1, 0.15) is 24.3 Å². The summed E-state index contributed by atoms with van der Waals surface area (Å²) in [6, 6.07) is 7.74. The van der Waals surface area contributed by atoms with Crippen LogP contribution < -0.4 is 4.87 Å². The molecule has 1 N–H and O–H groups in total. The van der Waals surface area contributed by atoms with Gasteiger partial charge in [0, 0.05) is 6.54 Å². The van der Waals surface area contributed by atoms with Crippen molar-refractivity contribution in [3.63, 3.8) is 0 Å². The highest BCUT2D eigenvalue weighted by Crippen LogP contribution is 2.20. The molecule has 0 atom stereocenters. The summed E-state index contributed by atoms with van der Waals surface area (Å²) in [6.45, 7) is 6.53. The van der Waals surface area contributed by atoms with Gasteiger partial charge in [0.2, 0.25) is 5.88 Å². The summed E-state index contributed by atoms with van der Waals surface area (Å²) in [5.74, 6) is 0.305. The van der Waals surface area contributed by atoms with Crippen LogP contribution in [0.15, 0.2) is 34.1 Å². The maximum atomic E-state index is 11.8. The normalized spacial score (nSPS) is 11.6. The van der Waals surface area contributed by atoms with Gasteiger partial charge in [0.25, 0.3) is 0 Å². The summed E-state index contributed by atoms with van der Waals surface area (Å²) in [7, 11) is 0. The van der Waals surface area contributed by atoms with Crippen LogP contribution in [-0.4, -0.2) is 15.9 Å². The maximum Gasteiger partial charge on any atom is 0.310 e. The highest BCUT2D eigenvalue weighted by atomic mass is 32.1. The molecule has 2 aromatic rings. The van der Waals surface area contributed by atoms with Crippen LogP contribution in [0, 0.1) is 12.8 Å². The van der Waals surface area contributed by atoms with E-state index in [-0.39, 0.29) is 10.8 Å². The van der Waals surface area contributed by atoms with Crippen LogP contribution in [0.2, 0.25) is 0 Å². The number of nitrogens with zero attached hydrogens (tertiary/aromatic N) is 2. The lowest BCUT2D eigenvalue weighted by Crippen LogP contribution is -2.15. The Labute approximate surface area is 122 Å². The molecule has 0 unspecified atom stereocenters. The van der Waals surface area contributed by atoms with Gasteiger partial charge in [0.05, 0.1) is 11.9 Å². The lowest BCUT2D eigenvalue weighted by atomic mass is 10.2. The second-order valence-electron chi connectivity index (χ2n) is 5.15. The molecule has 1 aromatic heterocycles. The molecule has 0 aliphatic carbocycles. The monoisotopic (exact) mass is 290 g/mol. The first kappa shape index (κ1) is 14.5. The molecule has 20 heavy (non-hydrogen) atoms. The van der Waals surface area contributed by atoms with Crippen LogP contribution in [0.4, 0.5) is 5.69 Å². The van der Waals surface area contributed by atoms with Gasteiger partial charge in [0.15, 0.2) is 0 Å². The van der Waals surface area contributed by atoms with Gasteiger partial charge in [0.1, 0.15) is 4.88 Å². The zero-order valence-corrected chi connectivity index (χ0v) is 12.6. The van der Waals surface area contributed by atoms with Crippen molar-refractivity contribution in [3.8, 4) is 5.88 Å². The number of aliphatic imine (C=N–C) groups is 1. The topological polar surface area (TPSA) is 54.6 Å². The van der Waals surface area contributed by atoms with E-state index in [1.54, 1.807) is 6.21 Å². The molecule has 0 saturated carbocycles. The number of hydrogen-bond acceptors (Lipinski definition) is 4. The number of hydrogen-bond donors (Lipinski definition) is 1. The molecule has 1 aromatic carbocycles. The number of benzene rings is 1. The minimum atomic E-state index is -0.151. The van der Waals surface area contributed by atoms with Crippen LogP contribution in [0.25, 0.3) is 0 Å². The Bertz CT molecular complexity index is 666. The van der Waals surface area contributed by atoms with E-state index in [2.05, 4.69) is 4.99 Å². The number of aromatic hydroxyl groups is 1. The van der Waals surface area contributed by atoms with Crippen molar-refractivity contribution in [1.82, 2.24) is 4.57 Å². The third-order valence-electron chi connectivity index (χ3n) is 2.81. The molecule has 1 heterocycles. The zero-order valence-electron chi connectivity index (χ0n) is 11.8. The van der Waals surface area contributed by atoms with Crippen LogP contribution in [-0.2, 0) is 6.54 Å². The number of aryl methyl sites for hydroxylation is 1. The van der Waals surface area contributed by atoms with Crippen molar-refractivity contribution < 1.29 is 5.11 Å². The minimum absolute atomic E-state index is 0.00422. The van der Waals surface area contributed by atoms with Crippen molar-refractivity contribution in [2.75, 3.05) is 0 Å². The van der Waals surface area contributed by atoms with Gasteiger partial charge in [-0.2, -0.15) is 0 Å². The van der Waals surface area contributed by atoms with E-state index in [1.165, 1.54) is 10.1 Å². The molecular formula is C15H18N2O2S. The molecule has 0 radical (unpaired) electrons. The van der Waals surface area contributed by atoms with Crippen LogP contribution in [0.5, 0.6) is 5.88 Å². The predicted octanol–water partition coefficient (Wildman–Crippen LogP) is 3.33. The Morgan fingerprint density at radius 2 is 2.00 bits per heavy atom. The molecule has 0 aliphatic heterocycles. The largest absolute Gasteiger partial charge is 0.493 e. The number of thiazole rings is 1. The molecular weight excluding hydrogens is 272 g/mol. The summed E-state index contributed by atoms with van der Waals surface area (Å²) in [6.07, 6.45) is 1.54. The zero-order chi connectivity index (χ0) is 14.7. The van der Waals surface area contributed by atoms with Crippen molar-refractivity contribution in [2.45, 2.75) is 27.3 Å². The highest BCUT2D eigenvalue weighted by Gasteiger charge is 2.13. The fourth-order valence-electron chi connectivity index (χ4n) is 1.79. The first-order valence-electron chi connectivity index (χ1n) is 6.50. The molecule has 0 amide bonds. The Morgan fingerprint density at radius 1 is 1.35 bits per heavy atom. The average molecular weight is 290 g/mol. The molecule has 0 saturated heterocycles. The van der Waals surface area contributed by atoms with E-state index < -0.39 is 0 Å². The van der Waals surface area contributed by atoms with E-state index in [0.717, 1.165) is 17.0 Å². The van der Waals surface area contributed by atoms with E-state index >= 15 is 0 Å². The fraction of sp³-hybridized carbons (Fsp3) is 0.333. The van der Waals surface area contributed by atoms with E-state index in [4.69, 9.17) is 0 Å². The Kier molecular flexibility index (Phi) is 4.39. The predicted molar refractivity (Wildman–Crippen MR) is 83.5 cm³/mol. The van der Waals surface area contributed by atoms with Crippen molar-refractivity contribution >= 4 is 23.2 Å². The summed E-state index contributed by atoms with van der Waals surface area (Å²) in [5.41, 5.74) is 1.96. The molecule has 0 spiro atoms. The van der Waals surface area contributed by atoms with Gasteiger partial charge in [-0.1, -0.05) is 42.9 Å². The number of aromatic nitrogens is 1.